The Labute approximate surface area is 206 Å². The molecule has 182 valence electrons. The van der Waals surface area contributed by atoms with E-state index in [1.807, 2.05) is 6.07 Å². The molecule has 6 nitrogen and oxygen atoms in total. The Morgan fingerprint density at radius 3 is 2.43 bits per heavy atom. The molecule has 4 rings (SSSR count). The molecule has 3 aromatic carbocycles. The van der Waals surface area contributed by atoms with Crippen LogP contribution < -0.4 is 14.8 Å². The van der Waals surface area contributed by atoms with Gasteiger partial charge in [-0.3, -0.25) is 4.79 Å². The molecule has 0 saturated carbocycles. The number of amides is 1. The molecule has 0 radical (unpaired) electrons. The number of hydrogen-bond donors (Lipinski definition) is 1. The third kappa shape index (κ3) is 5.65. The first-order valence-corrected chi connectivity index (χ1v) is 12.0. The van der Waals surface area contributed by atoms with Gasteiger partial charge in [0.05, 0.1) is 25.3 Å². The van der Waals surface area contributed by atoms with E-state index in [1.54, 1.807) is 32.4 Å². The number of methoxy groups -OCH3 is 2. The van der Waals surface area contributed by atoms with E-state index in [0.717, 1.165) is 36.2 Å². The van der Waals surface area contributed by atoms with Crippen LogP contribution in [-0.2, 0) is 13.0 Å². The van der Waals surface area contributed by atoms with Crippen molar-refractivity contribution in [2.75, 3.05) is 20.8 Å². The molecule has 0 aliphatic carbocycles. The summed E-state index contributed by atoms with van der Waals surface area (Å²) in [4.78, 5) is 17.5. The Bertz CT molecular complexity index is 1290. The van der Waals surface area contributed by atoms with Gasteiger partial charge < -0.3 is 19.4 Å². The predicted molar refractivity (Wildman–Crippen MR) is 140 cm³/mol. The Balaban J connectivity index is 1.42. The van der Waals surface area contributed by atoms with Crippen molar-refractivity contribution in [3.63, 3.8) is 0 Å². The molecule has 6 heteroatoms. The van der Waals surface area contributed by atoms with Crippen molar-refractivity contribution in [1.29, 1.82) is 0 Å². The number of carbonyl (C=O) groups excluding carboxylic acids is 1. The summed E-state index contributed by atoms with van der Waals surface area (Å²) in [7, 11) is 3.13. The molecule has 0 saturated heterocycles. The minimum Gasteiger partial charge on any atom is -0.493 e. The lowest BCUT2D eigenvalue weighted by Gasteiger charge is -2.12. The standard InChI is InChI=1S/C29H33N3O3/c1-20(2)22-13-11-21(12-14-22)19-32-25-9-6-5-8-24(25)31-28(32)10-7-17-30-29(33)23-15-16-26(34-3)27(18-23)35-4/h5-6,8-9,11-16,18,20H,7,10,17,19H2,1-4H3,(H,30,33). The summed E-state index contributed by atoms with van der Waals surface area (Å²) in [6.07, 6.45) is 1.56. The monoisotopic (exact) mass is 471 g/mol. The van der Waals surface area contributed by atoms with Crippen LogP contribution in [0.3, 0.4) is 0 Å². The number of fused-ring (bicyclic) bond motifs is 1. The number of aromatic nitrogens is 2. The van der Waals surface area contributed by atoms with E-state index in [0.29, 0.717) is 29.5 Å². The first-order valence-electron chi connectivity index (χ1n) is 12.0. The number of para-hydroxylation sites is 2. The highest BCUT2D eigenvalue weighted by molar-refractivity contribution is 5.94. The highest BCUT2D eigenvalue weighted by atomic mass is 16.5. The summed E-state index contributed by atoms with van der Waals surface area (Å²) in [5.41, 5.74) is 5.26. The van der Waals surface area contributed by atoms with Crippen LogP contribution in [0.5, 0.6) is 11.5 Å². The first-order chi connectivity index (χ1) is 17.0. The van der Waals surface area contributed by atoms with Gasteiger partial charge >= 0.3 is 0 Å². The van der Waals surface area contributed by atoms with Crippen molar-refractivity contribution >= 4 is 16.9 Å². The van der Waals surface area contributed by atoms with E-state index in [1.165, 1.54) is 11.1 Å². The van der Waals surface area contributed by atoms with Crippen LogP contribution in [0.15, 0.2) is 66.7 Å². The fourth-order valence-electron chi connectivity index (χ4n) is 4.21. The zero-order valence-corrected chi connectivity index (χ0v) is 20.9. The smallest absolute Gasteiger partial charge is 0.251 e. The summed E-state index contributed by atoms with van der Waals surface area (Å²) in [5, 5.41) is 3.01. The fourth-order valence-corrected chi connectivity index (χ4v) is 4.21. The fraction of sp³-hybridized carbons (Fsp3) is 0.310. The predicted octanol–water partition coefficient (Wildman–Crippen LogP) is 5.59. The summed E-state index contributed by atoms with van der Waals surface area (Å²) in [6.45, 7) is 5.74. The molecule has 0 aliphatic heterocycles. The van der Waals surface area contributed by atoms with E-state index < -0.39 is 0 Å². The maximum Gasteiger partial charge on any atom is 0.251 e. The number of rotatable bonds is 10. The number of carbonyl (C=O) groups is 1. The molecule has 0 bridgehead atoms. The van der Waals surface area contributed by atoms with Crippen molar-refractivity contribution in [2.45, 2.75) is 39.2 Å². The SMILES string of the molecule is COc1ccc(C(=O)NCCCc2nc3ccccc3n2Cc2ccc(C(C)C)cc2)cc1OC. The topological polar surface area (TPSA) is 65.4 Å². The van der Waals surface area contributed by atoms with E-state index in [9.17, 15) is 4.79 Å². The summed E-state index contributed by atoms with van der Waals surface area (Å²) < 4.78 is 12.8. The first kappa shape index (κ1) is 24.3. The number of nitrogens with one attached hydrogen (secondary N) is 1. The van der Waals surface area contributed by atoms with Crippen LogP contribution in [0.4, 0.5) is 0 Å². The molecule has 1 amide bonds. The number of hydrogen-bond acceptors (Lipinski definition) is 4. The molecule has 0 fully saturated rings. The van der Waals surface area contributed by atoms with Crippen LogP contribution in [0.1, 0.15) is 53.5 Å². The second-order valence-corrected chi connectivity index (χ2v) is 8.93. The van der Waals surface area contributed by atoms with Crippen LogP contribution >= 0.6 is 0 Å². The Morgan fingerprint density at radius 1 is 0.971 bits per heavy atom. The van der Waals surface area contributed by atoms with Gasteiger partial charge in [0.25, 0.3) is 5.91 Å². The van der Waals surface area contributed by atoms with E-state index >= 15 is 0 Å². The van der Waals surface area contributed by atoms with E-state index in [4.69, 9.17) is 14.5 Å². The van der Waals surface area contributed by atoms with Crippen molar-refractivity contribution in [3.8, 4) is 11.5 Å². The van der Waals surface area contributed by atoms with E-state index in [-0.39, 0.29) is 5.91 Å². The molecular formula is C29H33N3O3. The molecule has 0 unspecified atom stereocenters. The molecule has 4 aromatic rings. The van der Waals surface area contributed by atoms with Crippen molar-refractivity contribution in [2.24, 2.45) is 0 Å². The Hall–Kier alpha value is -3.80. The minimum atomic E-state index is -0.135. The average molecular weight is 472 g/mol. The second-order valence-electron chi connectivity index (χ2n) is 8.93. The molecule has 0 aliphatic rings. The maximum atomic E-state index is 12.6. The summed E-state index contributed by atoms with van der Waals surface area (Å²) in [5.74, 6) is 2.55. The number of ether oxygens (including phenoxy) is 2. The molecule has 1 aromatic heterocycles. The molecule has 1 N–H and O–H groups in total. The van der Waals surface area contributed by atoms with Gasteiger partial charge in [0, 0.05) is 25.1 Å². The minimum absolute atomic E-state index is 0.135. The lowest BCUT2D eigenvalue weighted by atomic mass is 10.0. The lowest BCUT2D eigenvalue weighted by molar-refractivity contribution is 0.0952. The zero-order chi connectivity index (χ0) is 24.8. The van der Waals surface area contributed by atoms with Crippen LogP contribution in [-0.4, -0.2) is 36.2 Å². The Kier molecular flexibility index (Phi) is 7.70. The van der Waals surface area contributed by atoms with Crippen molar-refractivity contribution < 1.29 is 14.3 Å². The maximum absolute atomic E-state index is 12.6. The highest BCUT2D eigenvalue weighted by Gasteiger charge is 2.13. The highest BCUT2D eigenvalue weighted by Crippen LogP contribution is 2.27. The van der Waals surface area contributed by atoms with E-state index in [2.05, 4.69) is 66.2 Å². The zero-order valence-electron chi connectivity index (χ0n) is 20.9. The summed E-state index contributed by atoms with van der Waals surface area (Å²) in [6, 6.07) is 22.2. The van der Waals surface area contributed by atoms with Crippen LogP contribution in [0.25, 0.3) is 11.0 Å². The van der Waals surface area contributed by atoms with Crippen molar-refractivity contribution in [3.05, 3.63) is 89.2 Å². The van der Waals surface area contributed by atoms with Gasteiger partial charge in [0.15, 0.2) is 11.5 Å². The molecule has 0 atom stereocenters. The lowest BCUT2D eigenvalue weighted by Crippen LogP contribution is -2.25. The molecular weight excluding hydrogens is 438 g/mol. The van der Waals surface area contributed by atoms with Crippen LogP contribution in [0.2, 0.25) is 0 Å². The largest absolute Gasteiger partial charge is 0.493 e. The average Bonchev–Trinajstić information content (AvgIpc) is 3.23. The third-order valence-electron chi connectivity index (χ3n) is 6.23. The molecule has 1 heterocycles. The number of benzene rings is 3. The molecule has 0 spiro atoms. The van der Waals surface area contributed by atoms with Gasteiger partial charge in [-0.1, -0.05) is 50.2 Å². The van der Waals surface area contributed by atoms with Gasteiger partial charge in [0.2, 0.25) is 0 Å². The quantitative estimate of drug-likeness (QED) is 0.306. The third-order valence-corrected chi connectivity index (χ3v) is 6.23. The van der Waals surface area contributed by atoms with Gasteiger partial charge in [-0.15, -0.1) is 0 Å². The van der Waals surface area contributed by atoms with Gasteiger partial charge in [-0.2, -0.15) is 0 Å². The molecule has 35 heavy (non-hydrogen) atoms. The normalized spacial score (nSPS) is 11.1. The number of imidazole rings is 1. The van der Waals surface area contributed by atoms with Crippen LogP contribution in [0, 0.1) is 0 Å². The number of aryl methyl sites for hydroxylation is 1. The Morgan fingerprint density at radius 2 is 1.71 bits per heavy atom. The summed E-state index contributed by atoms with van der Waals surface area (Å²) >= 11 is 0. The van der Waals surface area contributed by atoms with Crippen molar-refractivity contribution in [1.82, 2.24) is 14.9 Å². The van der Waals surface area contributed by atoms with Gasteiger partial charge in [0.1, 0.15) is 5.82 Å². The second kappa shape index (κ2) is 11.1. The number of nitrogens with zero attached hydrogens (tertiary/aromatic N) is 2. The van der Waals surface area contributed by atoms with Gasteiger partial charge in [-0.05, 0) is 53.8 Å². The van der Waals surface area contributed by atoms with Gasteiger partial charge in [-0.25, -0.2) is 4.98 Å².